The van der Waals surface area contributed by atoms with Crippen LogP contribution in [0.3, 0.4) is 0 Å². The van der Waals surface area contributed by atoms with E-state index in [0.717, 1.165) is 5.56 Å². The molecule has 1 atom stereocenters. The molecule has 0 saturated carbocycles. The van der Waals surface area contributed by atoms with Crippen LogP contribution in [0.1, 0.15) is 12.0 Å². The third-order valence-electron chi connectivity index (χ3n) is 3.33. The molecule has 0 spiro atoms. The largest absolute Gasteiger partial charge is 0.458 e. The third kappa shape index (κ3) is 2.99. The van der Waals surface area contributed by atoms with Crippen LogP contribution < -0.4 is 0 Å². The van der Waals surface area contributed by atoms with Gasteiger partial charge < -0.3 is 9.94 Å². The van der Waals surface area contributed by atoms with Crippen LogP contribution >= 0.6 is 11.6 Å². The van der Waals surface area contributed by atoms with Crippen LogP contribution in [0.15, 0.2) is 41.8 Å². The summed E-state index contributed by atoms with van der Waals surface area (Å²) in [5.74, 6) is -3.27. The quantitative estimate of drug-likeness (QED) is 0.850. The van der Waals surface area contributed by atoms with Gasteiger partial charge >= 0.3 is 12.0 Å². The summed E-state index contributed by atoms with van der Waals surface area (Å²) < 4.78 is 38.0. The Kier molecular flexibility index (Phi) is 3.73. The van der Waals surface area contributed by atoms with Crippen LogP contribution in [-0.4, -0.2) is 32.7 Å². The summed E-state index contributed by atoms with van der Waals surface area (Å²) >= 11 is 5.61. The monoisotopic (exact) mass is 343 g/mol. The van der Waals surface area contributed by atoms with E-state index in [1.165, 1.54) is 12.4 Å². The predicted octanol–water partition coefficient (Wildman–Crippen LogP) is 3.17. The molecule has 0 saturated heterocycles. The van der Waals surface area contributed by atoms with Crippen molar-refractivity contribution >= 4 is 17.3 Å². The summed E-state index contributed by atoms with van der Waals surface area (Å²) in [6.45, 7) is 0. The topological polar surface area (TPSA) is 67.6 Å². The molecule has 23 heavy (non-hydrogen) atoms. The minimum absolute atomic E-state index is 0.0173. The van der Waals surface area contributed by atoms with Gasteiger partial charge in [0.25, 0.3) is 0 Å². The van der Waals surface area contributed by atoms with Gasteiger partial charge in [-0.3, -0.25) is 0 Å². The van der Waals surface area contributed by atoms with E-state index in [9.17, 15) is 18.3 Å². The van der Waals surface area contributed by atoms with E-state index in [2.05, 4.69) is 20.0 Å². The minimum atomic E-state index is -4.92. The van der Waals surface area contributed by atoms with Crippen molar-refractivity contribution in [2.75, 3.05) is 0 Å². The summed E-state index contributed by atoms with van der Waals surface area (Å²) in [4.78, 5) is 11.9. The highest BCUT2D eigenvalue weighted by molar-refractivity contribution is 6.28. The van der Waals surface area contributed by atoms with Gasteiger partial charge in [-0.05, 0) is 22.7 Å². The second kappa shape index (κ2) is 5.47. The van der Waals surface area contributed by atoms with Crippen molar-refractivity contribution in [3.05, 3.63) is 47.5 Å². The van der Waals surface area contributed by atoms with E-state index in [4.69, 9.17) is 11.6 Å². The summed E-state index contributed by atoms with van der Waals surface area (Å²) in [6, 6.07) is 6.51. The predicted molar refractivity (Wildman–Crippen MR) is 75.7 cm³/mol. The number of hydrogen-bond donors (Lipinski definition) is 1. The molecule has 1 aliphatic rings. The van der Waals surface area contributed by atoms with E-state index < -0.39 is 18.4 Å². The van der Waals surface area contributed by atoms with Gasteiger partial charge in [0.05, 0.1) is 12.1 Å². The molecule has 0 fully saturated rings. The van der Waals surface area contributed by atoms with Gasteiger partial charge in [-0.15, -0.1) is 0 Å². The van der Waals surface area contributed by atoms with Crippen molar-refractivity contribution in [1.82, 2.24) is 9.97 Å². The van der Waals surface area contributed by atoms with Gasteiger partial charge in [0.2, 0.25) is 5.28 Å². The molecule has 2 aromatic rings. The maximum atomic E-state index is 12.7. The number of nitrogens with zero attached hydrogens (tertiary/aromatic N) is 3. The first-order valence-corrected chi connectivity index (χ1v) is 6.79. The van der Waals surface area contributed by atoms with Crippen LogP contribution in [0.2, 0.25) is 5.28 Å². The molecule has 2 heterocycles. The average molecular weight is 344 g/mol. The van der Waals surface area contributed by atoms with Gasteiger partial charge in [0.1, 0.15) is 0 Å². The number of halogens is 4. The fourth-order valence-electron chi connectivity index (χ4n) is 2.05. The van der Waals surface area contributed by atoms with Crippen LogP contribution in [0.5, 0.6) is 0 Å². The minimum Gasteiger partial charge on any atom is -0.350 e. The van der Waals surface area contributed by atoms with Crippen LogP contribution in [0.25, 0.3) is 11.1 Å². The first-order valence-electron chi connectivity index (χ1n) is 6.41. The first kappa shape index (κ1) is 15.7. The lowest BCUT2D eigenvalue weighted by Crippen LogP contribution is -2.45. The molecule has 120 valence electrons. The zero-order valence-electron chi connectivity index (χ0n) is 11.4. The van der Waals surface area contributed by atoms with Gasteiger partial charge in [0, 0.05) is 18.0 Å². The number of benzene rings is 1. The maximum absolute atomic E-state index is 12.7. The van der Waals surface area contributed by atoms with E-state index in [-0.39, 0.29) is 11.0 Å². The van der Waals surface area contributed by atoms with Crippen molar-refractivity contribution in [2.45, 2.75) is 18.4 Å². The molecule has 0 amide bonds. The van der Waals surface area contributed by atoms with E-state index in [1.807, 2.05) is 0 Å². The zero-order chi connectivity index (χ0) is 16.7. The molecule has 1 aromatic heterocycles. The number of alkyl halides is 3. The SMILES string of the molecule is OC1(C(F)(F)F)CC(c2ccc(-c3cnc(Cl)nc3)cc2)=NO1. The molecule has 1 unspecified atom stereocenters. The van der Waals surface area contributed by atoms with Gasteiger partial charge in [-0.25, -0.2) is 9.97 Å². The van der Waals surface area contributed by atoms with Crippen LogP contribution in [0.4, 0.5) is 13.2 Å². The molecule has 1 aromatic carbocycles. The van der Waals surface area contributed by atoms with E-state index >= 15 is 0 Å². The molecule has 1 aliphatic heterocycles. The zero-order valence-corrected chi connectivity index (χ0v) is 12.1. The Morgan fingerprint density at radius 2 is 1.61 bits per heavy atom. The van der Waals surface area contributed by atoms with Gasteiger partial charge in [0.15, 0.2) is 0 Å². The number of aromatic nitrogens is 2. The standard InChI is InChI=1S/C14H9ClF3N3O2/c15-12-19-6-10(7-20-12)8-1-3-9(4-2-8)11-5-13(22,23-21-11)14(16,17)18/h1-4,6-7,22H,5H2. The lowest BCUT2D eigenvalue weighted by Gasteiger charge is -2.22. The van der Waals surface area contributed by atoms with Crippen LogP contribution in [-0.2, 0) is 4.84 Å². The van der Waals surface area contributed by atoms with Gasteiger partial charge in [-0.2, -0.15) is 13.2 Å². The lowest BCUT2D eigenvalue weighted by molar-refractivity contribution is -0.355. The van der Waals surface area contributed by atoms with Crippen molar-refractivity contribution in [2.24, 2.45) is 5.16 Å². The molecule has 9 heteroatoms. The lowest BCUT2D eigenvalue weighted by atomic mass is 10.00. The number of aliphatic hydroxyl groups is 1. The van der Waals surface area contributed by atoms with Crippen molar-refractivity contribution in [3.63, 3.8) is 0 Å². The molecule has 5 nitrogen and oxygen atoms in total. The molecule has 3 rings (SSSR count). The summed E-state index contributed by atoms with van der Waals surface area (Å²) in [5, 5.41) is 12.9. The highest BCUT2D eigenvalue weighted by atomic mass is 35.5. The molecular weight excluding hydrogens is 335 g/mol. The third-order valence-corrected chi connectivity index (χ3v) is 3.52. The Bertz CT molecular complexity index is 747. The molecule has 0 bridgehead atoms. The smallest absolute Gasteiger partial charge is 0.350 e. The Labute approximate surface area is 133 Å². The second-order valence-corrected chi connectivity index (χ2v) is 5.24. The van der Waals surface area contributed by atoms with Crippen molar-refractivity contribution in [1.29, 1.82) is 0 Å². The Morgan fingerprint density at radius 3 is 2.13 bits per heavy atom. The highest BCUT2D eigenvalue weighted by Crippen LogP contribution is 2.39. The Morgan fingerprint density at radius 1 is 1.04 bits per heavy atom. The van der Waals surface area contributed by atoms with Crippen molar-refractivity contribution in [3.8, 4) is 11.1 Å². The number of oxime groups is 1. The second-order valence-electron chi connectivity index (χ2n) is 4.91. The Balaban J connectivity index is 1.80. The molecule has 1 N–H and O–H groups in total. The average Bonchev–Trinajstić information content (AvgIpc) is 2.92. The Hall–Kier alpha value is -2.19. The number of rotatable bonds is 2. The fraction of sp³-hybridized carbons (Fsp3) is 0.214. The fourth-order valence-corrected chi connectivity index (χ4v) is 2.14. The normalized spacial score (nSPS) is 21.0. The summed E-state index contributed by atoms with van der Waals surface area (Å²) in [7, 11) is 0. The highest BCUT2D eigenvalue weighted by Gasteiger charge is 2.60. The van der Waals surface area contributed by atoms with E-state index in [0.29, 0.717) is 11.1 Å². The number of hydrogen-bond acceptors (Lipinski definition) is 5. The van der Waals surface area contributed by atoms with Crippen molar-refractivity contribution < 1.29 is 23.1 Å². The molecule has 0 radical (unpaired) electrons. The molecular formula is C14H9ClF3N3O2. The summed E-state index contributed by atoms with van der Waals surface area (Å²) in [6.07, 6.45) is -2.62. The van der Waals surface area contributed by atoms with E-state index in [1.54, 1.807) is 24.3 Å². The maximum Gasteiger partial charge on any atom is 0.458 e. The first-order chi connectivity index (χ1) is 10.8. The van der Waals surface area contributed by atoms with Crippen LogP contribution in [0, 0.1) is 0 Å². The summed E-state index contributed by atoms with van der Waals surface area (Å²) in [5.41, 5.74) is 1.90. The molecule has 0 aliphatic carbocycles. The van der Waals surface area contributed by atoms with Gasteiger partial charge in [-0.1, -0.05) is 29.4 Å².